The van der Waals surface area contributed by atoms with Crippen LogP contribution in [0.25, 0.3) is 0 Å². The number of nitrogens with zero attached hydrogens (tertiary/aromatic N) is 1. The Kier molecular flexibility index (Phi) is 4.38. The van der Waals surface area contributed by atoms with E-state index in [0.717, 1.165) is 16.3 Å². The number of aryl methyl sites for hydroxylation is 1. The third kappa shape index (κ3) is 2.91. The highest BCUT2D eigenvalue weighted by molar-refractivity contribution is 7.10. The second-order valence-corrected chi connectivity index (χ2v) is 6.17. The van der Waals surface area contributed by atoms with Crippen molar-refractivity contribution in [1.82, 2.24) is 4.37 Å². The van der Waals surface area contributed by atoms with E-state index in [1.807, 2.05) is 6.92 Å². The van der Waals surface area contributed by atoms with Crippen LogP contribution in [0.15, 0.2) is 0 Å². The maximum absolute atomic E-state index is 11.7. The number of anilines is 1. The quantitative estimate of drug-likeness (QED) is 0.663. The smallest absolute Gasteiger partial charge is 0.164 e. The zero-order valence-electron chi connectivity index (χ0n) is 11.5. The van der Waals surface area contributed by atoms with Crippen molar-refractivity contribution < 1.29 is 4.79 Å². The minimum atomic E-state index is 0.116. The lowest BCUT2D eigenvalue weighted by Crippen LogP contribution is -2.26. The van der Waals surface area contributed by atoms with Crippen LogP contribution in [0.5, 0.6) is 0 Å². The summed E-state index contributed by atoms with van der Waals surface area (Å²) in [5, 5.41) is 4.55. The molecule has 0 aliphatic heterocycles. The van der Waals surface area contributed by atoms with Crippen LogP contribution in [0.1, 0.15) is 62.0 Å². The van der Waals surface area contributed by atoms with Crippen LogP contribution < -0.4 is 5.32 Å². The molecule has 2 unspecified atom stereocenters. The van der Waals surface area contributed by atoms with Crippen molar-refractivity contribution in [3.8, 4) is 0 Å². The Hall–Kier alpha value is -0.900. The monoisotopic (exact) mass is 266 g/mol. The van der Waals surface area contributed by atoms with Crippen LogP contribution in [0.4, 0.5) is 5.00 Å². The number of carbonyl (C=O) groups is 1. The Morgan fingerprint density at radius 1 is 1.33 bits per heavy atom. The molecule has 1 saturated carbocycles. The highest BCUT2D eigenvalue weighted by Crippen LogP contribution is 2.30. The zero-order chi connectivity index (χ0) is 13.1. The molecule has 1 aliphatic rings. The van der Waals surface area contributed by atoms with Gasteiger partial charge in [-0.15, -0.1) is 0 Å². The van der Waals surface area contributed by atoms with Gasteiger partial charge in [0.05, 0.1) is 11.3 Å². The molecule has 18 heavy (non-hydrogen) atoms. The summed E-state index contributed by atoms with van der Waals surface area (Å²) in [5.41, 5.74) is 1.65. The first-order valence-electron chi connectivity index (χ1n) is 6.83. The number of nitrogens with one attached hydrogen (secondary N) is 1. The van der Waals surface area contributed by atoms with Gasteiger partial charge in [0.25, 0.3) is 0 Å². The van der Waals surface area contributed by atoms with Crippen LogP contribution in [-0.2, 0) is 0 Å². The molecule has 0 radical (unpaired) electrons. The lowest BCUT2D eigenvalue weighted by atomic mass is 9.97. The van der Waals surface area contributed by atoms with E-state index in [0.29, 0.717) is 12.0 Å². The Morgan fingerprint density at radius 2 is 2.06 bits per heavy atom. The standard InChI is InChI=1S/C14H22N2OS/c1-9-7-5-4-6-8-12(9)15-14-13(11(3)17)10(2)16-18-14/h9,12,15H,4-8H2,1-3H3. The summed E-state index contributed by atoms with van der Waals surface area (Å²) in [4.78, 5) is 11.7. The molecule has 1 aliphatic carbocycles. The summed E-state index contributed by atoms with van der Waals surface area (Å²) in [6.45, 7) is 5.84. The van der Waals surface area contributed by atoms with Gasteiger partial charge in [-0.1, -0.05) is 26.2 Å². The van der Waals surface area contributed by atoms with E-state index in [9.17, 15) is 4.79 Å². The largest absolute Gasteiger partial charge is 0.372 e. The molecule has 4 heteroatoms. The van der Waals surface area contributed by atoms with Crippen LogP contribution in [0, 0.1) is 12.8 Å². The SMILES string of the molecule is CC(=O)c1c(C)nsc1NC1CCCCCC1C. The molecule has 2 rings (SSSR count). The predicted octanol–water partition coefficient (Wildman–Crippen LogP) is 4.03. The number of hydrogen-bond acceptors (Lipinski definition) is 4. The second-order valence-electron chi connectivity index (χ2n) is 5.39. The zero-order valence-corrected chi connectivity index (χ0v) is 12.3. The number of rotatable bonds is 3. The number of ketones is 1. The van der Waals surface area contributed by atoms with Crippen LogP contribution in [-0.4, -0.2) is 16.2 Å². The summed E-state index contributed by atoms with van der Waals surface area (Å²) in [5.74, 6) is 0.791. The van der Waals surface area contributed by atoms with Crippen LogP contribution in [0.3, 0.4) is 0 Å². The molecular formula is C14H22N2OS. The van der Waals surface area contributed by atoms with Crippen molar-refractivity contribution in [1.29, 1.82) is 0 Å². The fourth-order valence-electron chi connectivity index (χ4n) is 2.76. The molecule has 0 bridgehead atoms. The third-order valence-corrected chi connectivity index (χ3v) is 4.76. The van der Waals surface area contributed by atoms with Gasteiger partial charge in [0.15, 0.2) is 5.78 Å². The average molecular weight is 266 g/mol. The average Bonchev–Trinajstić information content (AvgIpc) is 2.55. The van der Waals surface area contributed by atoms with Crippen molar-refractivity contribution in [2.75, 3.05) is 5.32 Å². The van der Waals surface area contributed by atoms with Gasteiger partial charge in [0.1, 0.15) is 5.00 Å². The summed E-state index contributed by atoms with van der Waals surface area (Å²) < 4.78 is 4.31. The summed E-state index contributed by atoms with van der Waals surface area (Å²) in [6, 6.07) is 0.491. The highest BCUT2D eigenvalue weighted by Gasteiger charge is 2.23. The molecule has 1 heterocycles. The van der Waals surface area contributed by atoms with Gasteiger partial charge in [0, 0.05) is 6.04 Å². The Bertz CT molecular complexity index is 427. The van der Waals surface area contributed by atoms with Gasteiger partial charge in [-0.05, 0) is 44.1 Å². The molecule has 1 fully saturated rings. The molecular weight excluding hydrogens is 244 g/mol. The second kappa shape index (κ2) is 5.83. The Labute approximate surface area is 113 Å². The van der Waals surface area contributed by atoms with E-state index in [1.54, 1.807) is 6.92 Å². The molecule has 0 aromatic carbocycles. The van der Waals surface area contributed by atoms with E-state index in [2.05, 4.69) is 16.6 Å². The van der Waals surface area contributed by atoms with Crippen molar-refractivity contribution in [3.63, 3.8) is 0 Å². The topological polar surface area (TPSA) is 42.0 Å². The van der Waals surface area contributed by atoms with Gasteiger partial charge < -0.3 is 5.32 Å². The number of aromatic nitrogens is 1. The summed E-state index contributed by atoms with van der Waals surface area (Å²) in [6.07, 6.45) is 6.44. The molecule has 0 saturated heterocycles. The molecule has 3 nitrogen and oxygen atoms in total. The first kappa shape index (κ1) is 13.5. The molecule has 100 valence electrons. The van der Waals surface area contributed by atoms with Crippen LogP contribution in [0.2, 0.25) is 0 Å². The number of Topliss-reactive ketones (excluding diaryl/α,β-unsaturated/α-hetero) is 1. The molecule has 1 aromatic rings. The van der Waals surface area contributed by atoms with Crippen LogP contribution >= 0.6 is 11.5 Å². The maximum Gasteiger partial charge on any atom is 0.164 e. The molecule has 0 amide bonds. The maximum atomic E-state index is 11.7. The highest BCUT2D eigenvalue weighted by atomic mass is 32.1. The van der Waals surface area contributed by atoms with Gasteiger partial charge in [-0.2, -0.15) is 4.37 Å². The van der Waals surface area contributed by atoms with Gasteiger partial charge in [-0.25, -0.2) is 0 Å². The normalized spacial score (nSPS) is 24.6. The molecule has 1 aromatic heterocycles. The van der Waals surface area contributed by atoms with Gasteiger partial charge >= 0.3 is 0 Å². The third-order valence-electron chi connectivity index (χ3n) is 3.89. The summed E-state index contributed by atoms with van der Waals surface area (Å²) >= 11 is 1.43. The predicted molar refractivity (Wildman–Crippen MR) is 76.5 cm³/mol. The number of carbonyl (C=O) groups excluding carboxylic acids is 1. The van der Waals surface area contributed by atoms with E-state index < -0.39 is 0 Å². The van der Waals surface area contributed by atoms with E-state index in [1.165, 1.54) is 43.6 Å². The van der Waals surface area contributed by atoms with Crippen molar-refractivity contribution in [2.24, 2.45) is 5.92 Å². The Morgan fingerprint density at radius 3 is 2.78 bits per heavy atom. The molecule has 1 N–H and O–H groups in total. The van der Waals surface area contributed by atoms with E-state index >= 15 is 0 Å². The summed E-state index contributed by atoms with van der Waals surface area (Å²) in [7, 11) is 0. The molecule has 0 spiro atoms. The lowest BCUT2D eigenvalue weighted by Gasteiger charge is -2.23. The minimum absolute atomic E-state index is 0.116. The van der Waals surface area contributed by atoms with E-state index in [-0.39, 0.29) is 5.78 Å². The minimum Gasteiger partial charge on any atom is -0.372 e. The molecule has 2 atom stereocenters. The van der Waals surface area contributed by atoms with E-state index in [4.69, 9.17) is 0 Å². The van der Waals surface area contributed by atoms with Crippen molar-refractivity contribution >= 4 is 22.3 Å². The van der Waals surface area contributed by atoms with Crippen molar-refractivity contribution in [2.45, 2.75) is 58.9 Å². The van der Waals surface area contributed by atoms with Gasteiger partial charge in [0.2, 0.25) is 0 Å². The Balaban J connectivity index is 2.15. The van der Waals surface area contributed by atoms with Gasteiger partial charge in [-0.3, -0.25) is 4.79 Å². The lowest BCUT2D eigenvalue weighted by molar-refractivity contribution is 0.101. The fourth-order valence-corrected chi connectivity index (χ4v) is 3.67. The fraction of sp³-hybridized carbons (Fsp3) is 0.714. The first-order valence-corrected chi connectivity index (χ1v) is 7.60. The number of hydrogen-bond donors (Lipinski definition) is 1. The first-order chi connectivity index (χ1) is 8.59. The van der Waals surface area contributed by atoms with Crippen molar-refractivity contribution in [3.05, 3.63) is 11.3 Å².